The monoisotopic (exact) mass is 375 g/mol. The Bertz CT molecular complexity index is 760. The van der Waals surface area contributed by atoms with Crippen LogP contribution in [0.15, 0.2) is 63.3 Å². The number of para-hydroxylation sites is 1. The number of nitrogens with zero attached hydrogens (tertiary/aromatic N) is 2. The Kier molecular flexibility index (Phi) is 5.87. The van der Waals surface area contributed by atoms with Crippen molar-refractivity contribution < 1.29 is 14.7 Å². The van der Waals surface area contributed by atoms with Crippen LogP contribution in [0.2, 0.25) is 0 Å². The highest BCUT2D eigenvalue weighted by molar-refractivity contribution is 9.10. The second-order valence-corrected chi connectivity index (χ2v) is 5.31. The molecule has 118 valence electrons. The molecule has 2 rings (SSSR count). The molecule has 7 heteroatoms. The number of amides is 1. The van der Waals surface area contributed by atoms with Gasteiger partial charge in [0.2, 0.25) is 0 Å². The number of carbonyl (C=O) groups excluding carboxylic acids is 1. The van der Waals surface area contributed by atoms with Crippen LogP contribution in [0.1, 0.15) is 15.9 Å². The molecule has 2 N–H and O–H groups in total. The number of carbonyl (C=O) groups is 1. The van der Waals surface area contributed by atoms with Gasteiger partial charge in [-0.05, 0) is 30.3 Å². The molecule has 0 radical (unpaired) electrons. The van der Waals surface area contributed by atoms with Gasteiger partial charge in [-0.1, -0.05) is 39.3 Å². The van der Waals surface area contributed by atoms with Crippen molar-refractivity contribution in [2.24, 2.45) is 10.3 Å². The predicted molar refractivity (Wildman–Crippen MR) is 91.4 cm³/mol. The van der Waals surface area contributed by atoms with E-state index in [1.54, 1.807) is 42.5 Å². The lowest BCUT2D eigenvalue weighted by Crippen LogP contribution is -2.21. The Labute approximate surface area is 141 Å². The van der Waals surface area contributed by atoms with Crippen molar-refractivity contribution in [3.63, 3.8) is 0 Å². The van der Waals surface area contributed by atoms with E-state index in [1.165, 1.54) is 7.11 Å². The normalized spacial score (nSPS) is 11.5. The summed E-state index contributed by atoms with van der Waals surface area (Å²) in [6.45, 7) is 0. The molecule has 0 fully saturated rings. The summed E-state index contributed by atoms with van der Waals surface area (Å²) in [6.07, 6.45) is 1.12. The summed E-state index contributed by atoms with van der Waals surface area (Å²) in [7, 11) is 1.52. The highest BCUT2D eigenvalue weighted by atomic mass is 79.9. The van der Waals surface area contributed by atoms with E-state index >= 15 is 0 Å². The van der Waals surface area contributed by atoms with E-state index in [4.69, 9.17) is 9.94 Å². The molecule has 0 saturated heterocycles. The van der Waals surface area contributed by atoms with Crippen molar-refractivity contribution in [1.29, 1.82) is 0 Å². The highest BCUT2D eigenvalue weighted by Crippen LogP contribution is 2.17. The third-order valence-electron chi connectivity index (χ3n) is 2.93. The lowest BCUT2D eigenvalue weighted by molar-refractivity contribution is 0.0955. The van der Waals surface area contributed by atoms with E-state index in [0.717, 1.165) is 10.7 Å². The lowest BCUT2D eigenvalue weighted by atomic mass is 10.1. The summed E-state index contributed by atoms with van der Waals surface area (Å²) in [5, 5.41) is 15.8. The molecule has 0 saturated carbocycles. The van der Waals surface area contributed by atoms with Gasteiger partial charge in [0, 0.05) is 15.6 Å². The maximum absolute atomic E-state index is 12.1. The maximum atomic E-state index is 12.1. The molecule has 0 heterocycles. The molecule has 0 aliphatic heterocycles. The number of benzene rings is 2. The molecule has 0 aromatic heterocycles. The smallest absolute Gasteiger partial charge is 0.271 e. The fraction of sp³-hybridized carbons (Fsp3) is 0.0625. The highest BCUT2D eigenvalue weighted by Gasteiger charge is 2.10. The first kappa shape index (κ1) is 16.7. The van der Waals surface area contributed by atoms with Crippen LogP contribution in [-0.4, -0.2) is 30.2 Å². The minimum absolute atomic E-state index is 0.258. The lowest BCUT2D eigenvalue weighted by Gasteiger charge is -2.08. The summed E-state index contributed by atoms with van der Waals surface area (Å²) in [5.41, 5.74) is 3.72. The fourth-order valence-corrected chi connectivity index (χ4v) is 2.27. The van der Waals surface area contributed by atoms with Crippen LogP contribution >= 0.6 is 15.9 Å². The number of oxime groups is 1. The van der Waals surface area contributed by atoms with Crippen molar-refractivity contribution in [1.82, 2.24) is 5.43 Å². The number of methoxy groups -OCH3 is 1. The number of hydrogen-bond donors (Lipinski definition) is 2. The maximum Gasteiger partial charge on any atom is 0.271 e. The van der Waals surface area contributed by atoms with Gasteiger partial charge in [0.25, 0.3) is 5.91 Å². The van der Waals surface area contributed by atoms with E-state index in [1.807, 2.05) is 6.07 Å². The number of ether oxygens (including phenoxy) is 1. The molecule has 6 nitrogen and oxygen atoms in total. The third kappa shape index (κ3) is 4.40. The first-order valence-electron chi connectivity index (χ1n) is 6.60. The number of hydrogen-bond acceptors (Lipinski definition) is 5. The Morgan fingerprint density at radius 2 is 2.04 bits per heavy atom. The topological polar surface area (TPSA) is 83.3 Å². The van der Waals surface area contributed by atoms with Gasteiger partial charge < -0.3 is 9.94 Å². The summed E-state index contributed by atoms with van der Waals surface area (Å²) in [5.74, 6) is 0.160. The molecule has 0 atom stereocenters. The van der Waals surface area contributed by atoms with E-state index in [0.29, 0.717) is 16.9 Å². The minimum Gasteiger partial charge on any atom is -0.496 e. The van der Waals surface area contributed by atoms with Crippen LogP contribution in [0.3, 0.4) is 0 Å². The minimum atomic E-state index is -0.384. The van der Waals surface area contributed by atoms with E-state index < -0.39 is 0 Å². The molecule has 1 amide bonds. The molecule has 2 aromatic rings. The van der Waals surface area contributed by atoms with Crippen LogP contribution in [0.4, 0.5) is 0 Å². The predicted octanol–water partition coefficient (Wildman–Crippen LogP) is 3.05. The Hall–Kier alpha value is -2.67. The third-order valence-corrected chi connectivity index (χ3v) is 3.42. The zero-order valence-corrected chi connectivity index (χ0v) is 13.8. The fourth-order valence-electron chi connectivity index (χ4n) is 1.87. The van der Waals surface area contributed by atoms with Crippen molar-refractivity contribution in [2.75, 3.05) is 7.11 Å². The second kappa shape index (κ2) is 8.09. The molecular formula is C16H14BrN3O3. The zero-order valence-electron chi connectivity index (χ0n) is 12.2. The number of halogens is 1. The van der Waals surface area contributed by atoms with Gasteiger partial charge in [0.05, 0.1) is 13.3 Å². The van der Waals surface area contributed by atoms with Gasteiger partial charge in [0.15, 0.2) is 0 Å². The van der Waals surface area contributed by atoms with Gasteiger partial charge in [0.1, 0.15) is 11.5 Å². The van der Waals surface area contributed by atoms with Crippen molar-refractivity contribution >= 4 is 33.8 Å². The molecule has 23 heavy (non-hydrogen) atoms. The molecule has 0 aliphatic carbocycles. The van der Waals surface area contributed by atoms with Gasteiger partial charge in [-0.15, -0.1) is 0 Å². The van der Waals surface area contributed by atoms with Crippen LogP contribution in [0.25, 0.3) is 0 Å². The van der Waals surface area contributed by atoms with Crippen molar-refractivity contribution in [3.8, 4) is 5.75 Å². The zero-order chi connectivity index (χ0) is 16.7. The van der Waals surface area contributed by atoms with Crippen LogP contribution in [0.5, 0.6) is 5.75 Å². The Morgan fingerprint density at radius 1 is 1.26 bits per heavy atom. The van der Waals surface area contributed by atoms with E-state index in [9.17, 15) is 4.79 Å². The molecule has 0 spiro atoms. The average Bonchev–Trinajstić information content (AvgIpc) is 2.58. The average molecular weight is 376 g/mol. The van der Waals surface area contributed by atoms with E-state index in [2.05, 4.69) is 31.6 Å². The van der Waals surface area contributed by atoms with Gasteiger partial charge in [-0.3, -0.25) is 4.79 Å². The molecule has 0 unspecified atom stereocenters. The first-order valence-corrected chi connectivity index (χ1v) is 7.39. The SMILES string of the molecule is COc1ccccc1C(C=NO)=NNC(=O)c1cccc(Br)c1. The van der Waals surface area contributed by atoms with Crippen LogP contribution < -0.4 is 10.2 Å². The van der Waals surface area contributed by atoms with Crippen molar-refractivity contribution in [2.45, 2.75) is 0 Å². The largest absolute Gasteiger partial charge is 0.496 e. The Morgan fingerprint density at radius 3 is 2.74 bits per heavy atom. The standard InChI is InChI=1S/C16H14BrN3O3/c1-23-15-8-3-2-7-13(15)14(10-18-22)19-20-16(21)11-5-4-6-12(17)9-11/h2-10,22H,1H3,(H,20,21). The summed E-state index contributed by atoms with van der Waals surface area (Å²) in [6, 6.07) is 14.0. The van der Waals surface area contributed by atoms with Gasteiger partial charge in [-0.25, -0.2) is 5.43 Å². The molecule has 2 aromatic carbocycles. The molecule has 0 bridgehead atoms. The quantitative estimate of drug-likeness (QED) is 0.478. The van der Waals surface area contributed by atoms with Gasteiger partial charge >= 0.3 is 0 Å². The summed E-state index contributed by atoms with van der Waals surface area (Å²) >= 11 is 3.30. The number of rotatable bonds is 5. The molecule has 0 aliphatic rings. The second-order valence-electron chi connectivity index (χ2n) is 4.39. The Balaban J connectivity index is 2.27. The first-order chi connectivity index (χ1) is 11.2. The van der Waals surface area contributed by atoms with Crippen LogP contribution in [0, 0.1) is 0 Å². The summed E-state index contributed by atoms with van der Waals surface area (Å²) < 4.78 is 6.02. The van der Waals surface area contributed by atoms with Crippen LogP contribution in [-0.2, 0) is 0 Å². The van der Waals surface area contributed by atoms with Gasteiger partial charge in [-0.2, -0.15) is 5.10 Å². The van der Waals surface area contributed by atoms with Crippen molar-refractivity contribution in [3.05, 3.63) is 64.1 Å². The number of nitrogens with one attached hydrogen (secondary N) is 1. The van der Waals surface area contributed by atoms with E-state index in [-0.39, 0.29) is 11.6 Å². The number of hydrazone groups is 1. The summed E-state index contributed by atoms with van der Waals surface area (Å²) in [4.78, 5) is 12.1. The molecular weight excluding hydrogens is 362 g/mol.